The van der Waals surface area contributed by atoms with Crippen LogP contribution in [-0.4, -0.2) is 20.6 Å². The number of rotatable bonds is 3. The predicted molar refractivity (Wildman–Crippen MR) is 98.5 cm³/mol. The summed E-state index contributed by atoms with van der Waals surface area (Å²) in [5.41, 5.74) is 0.909. The third kappa shape index (κ3) is 3.77. The molecular weight excluding hydrogens is 353 g/mol. The third-order valence-corrected chi connectivity index (χ3v) is 5.24. The highest BCUT2D eigenvalue weighted by atomic mass is 19.4. The van der Waals surface area contributed by atoms with Gasteiger partial charge in [0.05, 0.1) is 11.8 Å². The maximum atomic E-state index is 13.0. The first-order valence-corrected chi connectivity index (χ1v) is 9.19. The van der Waals surface area contributed by atoms with Gasteiger partial charge in [-0.3, -0.25) is 0 Å². The predicted octanol–water partition coefficient (Wildman–Crippen LogP) is 5.41. The molecule has 0 bridgehead atoms. The summed E-state index contributed by atoms with van der Waals surface area (Å²) in [6.07, 6.45) is 3.57. The first-order chi connectivity index (χ1) is 12.9. The average Bonchev–Trinajstić information content (AvgIpc) is 3.06. The number of fused-ring (bicyclic) bond motifs is 1. The molecule has 0 radical (unpaired) electrons. The van der Waals surface area contributed by atoms with Crippen molar-refractivity contribution in [3.63, 3.8) is 0 Å². The van der Waals surface area contributed by atoms with E-state index in [1.165, 1.54) is 18.9 Å². The zero-order valence-electron chi connectivity index (χ0n) is 15.0. The molecule has 1 aromatic carbocycles. The molecule has 1 aliphatic carbocycles. The molecule has 1 aliphatic rings. The van der Waals surface area contributed by atoms with Crippen molar-refractivity contribution in [1.29, 1.82) is 0 Å². The number of alkyl halides is 3. The van der Waals surface area contributed by atoms with Gasteiger partial charge in [-0.25, -0.2) is 9.50 Å². The van der Waals surface area contributed by atoms with Crippen LogP contribution in [0.1, 0.15) is 38.2 Å². The monoisotopic (exact) mass is 374 g/mol. The minimum atomic E-state index is -4.38. The second kappa shape index (κ2) is 6.87. The molecule has 4 rings (SSSR count). The summed E-state index contributed by atoms with van der Waals surface area (Å²) in [7, 11) is 0. The van der Waals surface area contributed by atoms with E-state index in [1.54, 1.807) is 23.0 Å². The molecule has 0 amide bonds. The van der Waals surface area contributed by atoms with Crippen LogP contribution in [0, 0.1) is 5.92 Å². The molecule has 0 atom stereocenters. The Morgan fingerprint density at radius 1 is 1.11 bits per heavy atom. The molecule has 7 heteroatoms. The molecule has 0 saturated heterocycles. The van der Waals surface area contributed by atoms with E-state index in [0.717, 1.165) is 36.7 Å². The van der Waals surface area contributed by atoms with Gasteiger partial charge < -0.3 is 5.32 Å². The Morgan fingerprint density at radius 3 is 2.63 bits per heavy atom. The number of anilines is 1. The first-order valence-electron chi connectivity index (χ1n) is 9.19. The van der Waals surface area contributed by atoms with Crippen molar-refractivity contribution in [3.8, 4) is 11.1 Å². The Labute approximate surface area is 155 Å². The fourth-order valence-corrected chi connectivity index (χ4v) is 3.63. The number of aromatic nitrogens is 3. The van der Waals surface area contributed by atoms with Crippen LogP contribution in [0.15, 0.2) is 42.7 Å². The highest BCUT2D eigenvalue weighted by Gasteiger charge is 2.30. The van der Waals surface area contributed by atoms with Gasteiger partial charge in [-0.05, 0) is 55.4 Å². The zero-order valence-corrected chi connectivity index (χ0v) is 15.0. The van der Waals surface area contributed by atoms with Crippen LogP contribution in [-0.2, 0) is 6.18 Å². The lowest BCUT2D eigenvalue weighted by Gasteiger charge is -2.27. The smallest absolute Gasteiger partial charge is 0.367 e. The van der Waals surface area contributed by atoms with E-state index in [4.69, 9.17) is 0 Å². The second-order valence-electron chi connectivity index (χ2n) is 7.32. The Hall–Kier alpha value is -2.57. The normalized spacial score (nSPS) is 20.7. The van der Waals surface area contributed by atoms with Crippen LogP contribution in [0.5, 0.6) is 0 Å². The van der Waals surface area contributed by atoms with Crippen LogP contribution < -0.4 is 5.32 Å². The number of nitrogens with zero attached hydrogens (tertiary/aromatic N) is 3. The highest BCUT2D eigenvalue weighted by Crippen LogP contribution is 2.33. The molecule has 27 heavy (non-hydrogen) atoms. The number of hydrogen-bond donors (Lipinski definition) is 1. The van der Waals surface area contributed by atoms with Crippen molar-refractivity contribution in [2.75, 3.05) is 5.32 Å². The van der Waals surface area contributed by atoms with Crippen LogP contribution >= 0.6 is 0 Å². The standard InChI is InChI=1S/C20H21F3N4/c1-13-5-7-16(8-6-13)25-18-9-10-27-19(26-18)17(12-24-27)14-3-2-4-15(11-14)20(21,22)23/h2-4,9-13,16H,5-8H2,1H3,(H,25,26). The van der Waals surface area contributed by atoms with Gasteiger partial charge in [0.15, 0.2) is 5.65 Å². The summed E-state index contributed by atoms with van der Waals surface area (Å²) >= 11 is 0. The van der Waals surface area contributed by atoms with Crippen LogP contribution in [0.3, 0.4) is 0 Å². The maximum absolute atomic E-state index is 13.0. The largest absolute Gasteiger partial charge is 0.416 e. The molecule has 142 valence electrons. The lowest BCUT2D eigenvalue weighted by Crippen LogP contribution is -2.25. The molecule has 2 heterocycles. The Balaban J connectivity index is 1.65. The molecule has 1 saturated carbocycles. The Bertz CT molecular complexity index is 940. The third-order valence-electron chi connectivity index (χ3n) is 5.24. The zero-order chi connectivity index (χ0) is 19.0. The van der Waals surface area contributed by atoms with Gasteiger partial charge in [0, 0.05) is 17.8 Å². The van der Waals surface area contributed by atoms with E-state index >= 15 is 0 Å². The number of hydrogen-bond acceptors (Lipinski definition) is 3. The summed E-state index contributed by atoms with van der Waals surface area (Å²) in [5, 5.41) is 7.70. The molecule has 0 spiro atoms. The summed E-state index contributed by atoms with van der Waals surface area (Å²) in [6.45, 7) is 2.27. The van der Waals surface area contributed by atoms with Crippen molar-refractivity contribution >= 4 is 11.5 Å². The van der Waals surface area contributed by atoms with Gasteiger partial charge in [0.1, 0.15) is 5.82 Å². The minimum absolute atomic E-state index is 0.385. The first kappa shape index (κ1) is 17.8. The van der Waals surface area contributed by atoms with E-state index in [1.807, 2.05) is 6.07 Å². The fraction of sp³-hybridized carbons (Fsp3) is 0.400. The van der Waals surface area contributed by atoms with Crippen molar-refractivity contribution in [2.24, 2.45) is 5.92 Å². The molecule has 1 N–H and O–H groups in total. The van der Waals surface area contributed by atoms with Gasteiger partial charge in [0.25, 0.3) is 0 Å². The van der Waals surface area contributed by atoms with E-state index in [2.05, 4.69) is 22.3 Å². The number of halogens is 3. The van der Waals surface area contributed by atoms with E-state index < -0.39 is 11.7 Å². The Morgan fingerprint density at radius 2 is 1.89 bits per heavy atom. The maximum Gasteiger partial charge on any atom is 0.416 e. The number of benzene rings is 1. The molecule has 0 aliphatic heterocycles. The minimum Gasteiger partial charge on any atom is -0.367 e. The van der Waals surface area contributed by atoms with Gasteiger partial charge in [-0.15, -0.1) is 0 Å². The average molecular weight is 374 g/mol. The quantitative estimate of drug-likeness (QED) is 0.667. The van der Waals surface area contributed by atoms with Crippen LogP contribution in [0.2, 0.25) is 0 Å². The highest BCUT2D eigenvalue weighted by molar-refractivity contribution is 5.78. The number of nitrogens with one attached hydrogen (secondary N) is 1. The lowest BCUT2D eigenvalue weighted by molar-refractivity contribution is -0.137. The molecule has 4 nitrogen and oxygen atoms in total. The van der Waals surface area contributed by atoms with E-state index in [0.29, 0.717) is 22.8 Å². The molecule has 3 aromatic rings. The van der Waals surface area contributed by atoms with Gasteiger partial charge in [0.2, 0.25) is 0 Å². The van der Waals surface area contributed by atoms with Crippen molar-refractivity contribution in [2.45, 2.75) is 44.8 Å². The SMILES string of the molecule is CC1CCC(Nc2ccn3ncc(-c4cccc(C(F)(F)F)c4)c3n2)CC1. The summed E-state index contributed by atoms with van der Waals surface area (Å²) in [6, 6.07) is 7.51. The topological polar surface area (TPSA) is 42.2 Å². The van der Waals surface area contributed by atoms with Crippen molar-refractivity contribution in [1.82, 2.24) is 14.6 Å². The lowest BCUT2D eigenvalue weighted by atomic mass is 9.87. The Kier molecular flexibility index (Phi) is 4.53. The fourth-order valence-electron chi connectivity index (χ4n) is 3.63. The molecule has 1 fully saturated rings. The van der Waals surface area contributed by atoms with E-state index in [-0.39, 0.29) is 0 Å². The van der Waals surface area contributed by atoms with Crippen molar-refractivity contribution < 1.29 is 13.2 Å². The molecular formula is C20H21F3N4. The van der Waals surface area contributed by atoms with Crippen molar-refractivity contribution in [3.05, 3.63) is 48.3 Å². The van der Waals surface area contributed by atoms with Crippen LogP contribution in [0.25, 0.3) is 16.8 Å². The molecule has 2 aromatic heterocycles. The summed E-state index contributed by atoms with van der Waals surface area (Å²) in [4.78, 5) is 4.62. The second-order valence-corrected chi connectivity index (χ2v) is 7.32. The summed E-state index contributed by atoms with van der Waals surface area (Å²) in [5.74, 6) is 1.50. The summed E-state index contributed by atoms with van der Waals surface area (Å²) < 4.78 is 40.7. The van der Waals surface area contributed by atoms with Gasteiger partial charge in [-0.1, -0.05) is 19.1 Å². The molecule has 0 unspecified atom stereocenters. The van der Waals surface area contributed by atoms with E-state index in [9.17, 15) is 13.2 Å². The van der Waals surface area contributed by atoms with Gasteiger partial charge >= 0.3 is 6.18 Å². The van der Waals surface area contributed by atoms with Crippen LogP contribution in [0.4, 0.5) is 19.0 Å². The van der Waals surface area contributed by atoms with Gasteiger partial charge in [-0.2, -0.15) is 18.3 Å².